The van der Waals surface area contributed by atoms with Crippen LogP contribution in [0.25, 0.3) is 10.2 Å². The zero-order valence-corrected chi connectivity index (χ0v) is 18.8. The largest absolute Gasteiger partial charge is 0.353 e. The minimum Gasteiger partial charge on any atom is -0.353 e. The monoisotopic (exact) mass is 421 g/mol. The third kappa shape index (κ3) is 4.62. The average molecular weight is 422 g/mol. The van der Waals surface area contributed by atoms with Gasteiger partial charge in [-0.1, -0.05) is 45.4 Å². The molecular weight excluding hydrogens is 390 g/mol. The van der Waals surface area contributed by atoms with Gasteiger partial charge < -0.3 is 5.32 Å². The highest BCUT2D eigenvalue weighted by molar-refractivity contribution is 7.99. The number of hydrogen-bond acceptors (Lipinski definition) is 5. The topological polar surface area (TPSA) is 64.0 Å². The Morgan fingerprint density at radius 3 is 2.75 bits per heavy atom. The average Bonchev–Trinajstić information content (AvgIpc) is 3.27. The third-order valence-electron chi connectivity index (χ3n) is 5.46. The van der Waals surface area contributed by atoms with E-state index in [-0.39, 0.29) is 17.5 Å². The summed E-state index contributed by atoms with van der Waals surface area (Å²) in [6, 6.07) is 0.218. The molecule has 0 bridgehead atoms. The Hall–Kier alpha value is -1.34. The molecule has 1 N–H and O–H groups in total. The number of fused-ring (bicyclic) bond motifs is 3. The van der Waals surface area contributed by atoms with Crippen molar-refractivity contribution in [3.05, 3.63) is 20.8 Å². The molecule has 2 heterocycles. The lowest BCUT2D eigenvalue weighted by molar-refractivity contribution is -0.119. The molecular formula is C21H31N3O2S2. The number of unbranched alkanes of at least 4 members (excludes halogenated alkanes) is 2. The fraction of sp³-hybridized carbons (Fsp3) is 0.667. The van der Waals surface area contributed by atoms with Gasteiger partial charge in [-0.3, -0.25) is 14.2 Å². The summed E-state index contributed by atoms with van der Waals surface area (Å²) in [5.74, 6) is 0.315. The van der Waals surface area contributed by atoms with Crippen LogP contribution in [0, 0.1) is 0 Å². The minimum atomic E-state index is 0.0156. The summed E-state index contributed by atoms with van der Waals surface area (Å²) in [6.07, 6.45) is 8.21. The Bertz CT molecular complexity index is 884. The first-order valence-electron chi connectivity index (χ1n) is 10.6. The molecule has 0 unspecified atom stereocenters. The van der Waals surface area contributed by atoms with Crippen LogP contribution in [0.4, 0.5) is 0 Å². The fourth-order valence-electron chi connectivity index (χ4n) is 3.78. The molecule has 3 rings (SSSR count). The van der Waals surface area contributed by atoms with Gasteiger partial charge in [0.2, 0.25) is 5.91 Å². The molecule has 0 radical (unpaired) electrons. The van der Waals surface area contributed by atoms with E-state index >= 15 is 0 Å². The quantitative estimate of drug-likeness (QED) is 0.348. The van der Waals surface area contributed by atoms with E-state index in [0.717, 1.165) is 61.6 Å². The summed E-state index contributed by atoms with van der Waals surface area (Å²) in [5.41, 5.74) is 1.31. The Kier molecular flexibility index (Phi) is 7.57. The molecule has 0 saturated carbocycles. The van der Waals surface area contributed by atoms with Gasteiger partial charge in [0.1, 0.15) is 4.83 Å². The highest BCUT2D eigenvalue weighted by Crippen LogP contribution is 2.35. The maximum Gasteiger partial charge on any atom is 0.263 e. The van der Waals surface area contributed by atoms with Crippen LogP contribution in [0.3, 0.4) is 0 Å². The normalized spacial score (nSPS) is 13.4. The van der Waals surface area contributed by atoms with Gasteiger partial charge in [-0.15, -0.1) is 11.3 Å². The Labute approximate surface area is 175 Å². The van der Waals surface area contributed by atoms with E-state index < -0.39 is 0 Å². The summed E-state index contributed by atoms with van der Waals surface area (Å²) >= 11 is 3.06. The van der Waals surface area contributed by atoms with E-state index in [4.69, 9.17) is 4.98 Å². The van der Waals surface area contributed by atoms with Crippen LogP contribution in [0.5, 0.6) is 0 Å². The van der Waals surface area contributed by atoms with Gasteiger partial charge in [0.05, 0.1) is 11.1 Å². The van der Waals surface area contributed by atoms with Gasteiger partial charge in [-0.2, -0.15) is 0 Å². The number of carbonyl (C=O) groups excluding carboxylic acids is 1. The summed E-state index contributed by atoms with van der Waals surface area (Å²) in [5, 5.41) is 4.59. The van der Waals surface area contributed by atoms with Gasteiger partial charge >= 0.3 is 0 Å². The second-order valence-corrected chi connectivity index (χ2v) is 9.49. The Morgan fingerprint density at radius 2 is 2.04 bits per heavy atom. The first-order valence-corrected chi connectivity index (χ1v) is 12.4. The van der Waals surface area contributed by atoms with Crippen molar-refractivity contribution in [3.63, 3.8) is 0 Å². The molecule has 0 atom stereocenters. The number of hydrogen-bond donors (Lipinski definition) is 1. The fourth-order valence-corrected chi connectivity index (χ4v) is 5.92. The summed E-state index contributed by atoms with van der Waals surface area (Å²) in [4.78, 5) is 32.6. The molecule has 1 aliphatic carbocycles. The number of thioether (sulfide) groups is 1. The van der Waals surface area contributed by atoms with Crippen LogP contribution >= 0.6 is 23.1 Å². The molecule has 1 amide bonds. The molecule has 154 valence electrons. The number of aromatic nitrogens is 2. The highest BCUT2D eigenvalue weighted by Gasteiger charge is 2.23. The lowest BCUT2D eigenvalue weighted by atomic mass is 10.2. The van der Waals surface area contributed by atoms with E-state index in [2.05, 4.69) is 26.1 Å². The molecule has 5 nitrogen and oxygen atoms in total. The first-order chi connectivity index (χ1) is 13.6. The van der Waals surface area contributed by atoms with Crippen LogP contribution in [-0.2, 0) is 24.2 Å². The van der Waals surface area contributed by atoms with Crippen molar-refractivity contribution in [1.82, 2.24) is 14.9 Å². The van der Waals surface area contributed by atoms with Crippen molar-refractivity contribution < 1.29 is 4.79 Å². The summed E-state index contributed by atoms with van der Waals surface area (Å²) in [6.45, 7) is 7.00. The number of nitrogens with zero attached hydrogens (tertiary/aromatic N) is 2. The van der Waals surface area contributed by atoms with Gasteiger partial charge in [0.15, 0.2) is 5.16 Å². The van der Waals surface area contributed by atoms with Crippen LogP contribution in [0.2, 0.25) is 0 Å². The molecule has 0 fully saturated rings. The van der Waals surface area contributed by atoms with Crippen molar-refractivity contribution in [2.45, 2.75) is 89.9 Å². The predicted molar refractivity (Wildman–Crippen MR) is 119 cm³/mol. The van der Waals surface area contributed by atoms with Crippen LogP contribution in [-0.4, -0.2) is 27.3 Å². The lowest BCUT2D eigenvalue weighted by Gasteiger charge is -2.15. The molecule has 0 aromatic carbocycles. The van der Waals surface area contributed by atoms with E-state index in [9.17, 15) is 9.59 Å². The van der Waals surface area contributed by atoms with E-state index in [1.807, 2.05) is 4.57 Å². The minimum absolute atomic E-state index is 0.0156. The molecule has 1 aliphatic rings. The van der Waals surface area contributed by atoms with Crippen molar-refractivity contribution in [1.29, 1.82) is 0 Å². The van der Waals surface area contributed by atoms with Crippen molar-refractivity contribution in [3.8, 4) is 0 Å². The first kappa shape index (κ1) is 21.4. The predicted octanol–water partition coefficient (Wildman–Crippen LogP) is 4.53. The third-order valence-corrected chi connectivity index (χ3v) is 7.62. The second-order valence-electron chi connectivity index (χ2n) is 7.47. The molecule has 7 heteroatoms. The van der Waals surface area contributed by atoms with E-state index in [0.29, 0.717) is 17.5 Å². The number of thiophene rings is 1. The molecule has 0 spiro atoms. The van der Waals surface area contributed by atoms with Gasteiger partial charge in [-0.05, 0) is 44.1 Å². The molecule has 2 aromatic rings. The number of aryl methyl sites for hydroxylation is 2. The SMILES string of the molecule is CCCCCn1c(SCC(=O)NC(CC)CC)nc2sc3c(c2c1=O)CCC3. The number of rotatable bonds is 10. The number of carbonyl (C=O) groups is 1. The highest BCUT2D eigenvalue weighted by atomic mass is 32.2. The van der Waals surface area contributed by atoms with Gasteiger partial charge in [0.25, 0.3) is 5.56 Å². The maximum absolute atomic E-state index is 13.3. The van der Waals surface area contributed by atoms with Gasteiger partial charge in [-0.25, -0.2) is 4.98 Å². The molecule has 28 heavy (non-hydrogen) atoms. The van der Waals surface area contributed by atoms with Gasteiger partial charge in [0, 0.05) is 17.5 Å². The number of nitrogens with one attached hydrogen (secondary N) is 1. The van der Waals surface area contributed by atoms with E-state index in [1.54, 1.807) is 11.3 Å². The number of amides is 1. The zero-order chi connectivity index (χ0) is 20.1. The van der Waals surface area contributed by atoms with Crippen molar-refractivity contribution >= 4 is 39.2 Å². The smallest absolute Gasteiger partial charge is 0.263 e. The molecule has 2 aromatic heterocycles. The Morgan fingerprint density at radius 1 is 1.25 bits per heavy atom. The van der Waals surface area contributed by atoms with Crippen LogP contribution < -0.4 is 10.9 Å². The van der Waals surface area contributed by atoms with Crippen molar-refractivity contribution in [2.75, 3.05) is 5.75 Å². The summed E-state index contributed by atoms with van der Waals surface area (Å²) in [7, 11) is 0. The van der Waals surface area contributed by atoms with Crippen LogP contribution in [0.15, 0.2) is 9.95 Å². The molecule has 0 aliphatic heterocycles. The second kappa shape index (κ2) is 9.92. The Balaban J connectivity index is 1.86. The van der Waals surface area contributed by atoms with Crippen molar-refractivity contribution in [2.24, 2.45) is 0 Å². The zero-order valence-electron chi connectivity index (χ0n) is 17.2. The molecule has 0 saturated heterocycles. The maximum atomic E-state index is 13.3. The van der Waals surface area contributed by atoms with E-state index in [1.165, 1.54) is 22.2 Å². The van der Waals surface area contributed by atoms with Crippen LogP contribution in [0.1, 0.15) is 69.7 Å². The standard InChI is InChI=1S/C21H31N3O2S2/c1-4-7-8-12-24-20(26)18-15-10-9-11-16(15)28-19(18)23-21(24)27-13-17(25)22-14(5-2)6-3/h14H,4-13H2,1-3H3,(H,22,25). The summed E-state index contributed by atoms with van der Waals surface area (Å²) < 4.78 is 1.82. The lowest BCUT2D eigenvalue weighted by Crippen LogP contribution is -2.35.